The van der Waals surface area contributed by atoms with Crippen LogP contribution >= 0.6 is 0 Å². The molecule has 0 aromatic rings. The highest BCUT2D eigenvalue weighted by Gasteiger charge is 2.33. The fourth-order valence-corrected chi connectivity index (χ4v) is 3.14. The Balaban J connectivity index is 2.54. The zero-order valence-electron chi connectivity index (χ0n) is 18.3. The van der Waals surface area contributed by atoms with Crippen LogP contribution in [0.15, 0.2) is 0 Å². The first-order chi connectivity index (χ1) is 13.4. The number of ether oxygens (including phenoxy) is 1. The van der Waals surface area contributed by atoms with Crippen LogP contribution in [0.3, 0.4) is 0 Å². The number of rotatable bonds is 7. The molecule has 0 unspecified atom stereocenters. The standard InChI is InChI=1S/C20H35N3O6/c1-7-12(2)15(18(26)27)22-16(24)14-8-10-23(11-9-14)17(25)13(3)21-19(28)29-20(4,5)6/h12-15H,7-11H2,1-6H3,(H,21,28)(H,22,24)(H,26,27)/t12-,13+,15+/m1/s1. The lowest BCUT2D eigenvalue weighted by Crippen LogP contribution is -2.52. The molecule has 166 valence electrons. The Morgan fingerprint density at radius 3 is 2.10 bits per heavy atom. The molecule has 29 heavy (non-hydrogen) atoms. The first-order valence-electron chi connectivity index (χ1n) is 10.2. The second-order valence-corrected chi connectivity index (χ2v) is 8.68. The van der Waals surface area contributed by atoms with Crippen LogP contribution in [-0.2, 0) is 19.1 Å². The molecule has 1 aliphatic rings. The summed E-state index contributed by atoms with van der Waals surface area (Å²) in [7, 11) is 0. The molecule has 0 radical (unpaired) electrons. The second-order valence-electron chi connectivity index (χ2n) is 8.68. The number of piperidine rings is 1. The monoisotopic (exact) mass is 413 g/mol. The molecule has 0 aromatic heterocycles. The van der Waals surface area contributed by atoms with Crippen LogP contribution in [0.2, 0.25) is 0 Å². The Kier molecular flexibility index (Phi) is 8.91. The summed E-state index contributed by atoms with van der Waals surface area (Å²) in [6.07, 6.45) is 0.886. The third-order valence-corrected chi connectivity index (χ3v) is 5.06. The summed E-state index contributed by atoms with van der Waals surface area (Å²) in [5, 5.41) is 14.5. The number of aliphatic carboxylic acids is 1. The predicted molar refractivity (Wildman–Crippen MR) is 107 cm³/mol. The number of carbonyl (C=O) groups is 4. The van der Waals surface area contributed by atoms with Gasteiger partial charge in [0.05, 0.1) is 0 Å². The maximum absolute atomic E-state index is 12.5. The molecule has 9 nitrogen and oxygen atoms in total. The van der Waals surface area contributed by atoms with Gasteiger partial charge in [-0.1, -0.05) is 20.3 Å². The minimum Gasteiger partial charge on any atom is -0.480 e. The summed E-state index contributed by atoms with van der Waals surface area (Å²) in [6.45, 7) is 11.2. The summed E-state index contributed by atoms with van der Waals surface area (Å²) < 4.78 is 5.16. The van der Waals surface area contributed by atoms with E-state index in [4.69, 9.17) is 4.74 Å². The molecule has 1 heterocycles. The number of nitrogens with zero attached hydrogens (tertiary/aromatic N) is 1. The maximum atomic E-state index is 12.5. The fourth-order valence-electron chi connectivity index (χ4n) is 3.14. The van der Waals surface area contributed by atoms with Gasteiger partial charge in [0, 0.05) is 19.0 Å². The number of carboxylic acid groups (broad SMARTS) is 1. The first-order valence-corrected chi connectivity index (χ1v) is 10.2. The van der Waals surface area contributed by atoms with Crippen LogP contribution < -0.4 is 10.6 Å². The van der Waals surface area contributed by atoms with Crippen molar-refractivity contribution in [3.05, 3.63) is 0 Å². The van der Waals surface area contributed by atoms with Crippen molar-refractivity contribution < 1.29 is 29.0 Å². The van der Waals surface area contributed by atoms with Gasteiger partial charge in [-0.05, 0) is 46.5 Å². The molecule has 1 rings (SSSR count). The minimum absolute atomic E-state index is 0.169. The molecule has 1 fully saturated rings. The van der Waals surface area contributed by atoms with Gasteiger partial charge < -0.3 is 25.4 Å². The lowest BCUT2D eigenvalue weighted by atomic mass is 9.93. The van der Waals surface area contributed by atoms with Gasteiger partial charge in [0.2, 0.25) is 11.8 Å². The molecule has 3 atom stereocenters. The number of carbonyl (C=O) groups excluding carboxylic acids is 3. The minimum atomic E-state index is -1.04. The third kappa shape index (κ3) is 7.91. The fraction of sp³-hybridized carbons (Fsp3) is 0.800. The molecular weight excluding hydrogens is 378 g/mol. The highest BCUT2D eigenvalue weighted by Crippen LogP contribution is 2.19. The van der Waals surface area contributed by atoms with E-state index < -0.39 is 29.7 Å². The number of amides is 3. The smallest absolute Gasteiger partial charge is 0.408 e. The first kappa shape index (κ1) is 24.7. The second kappa shape index (κ2) is 10.5. The Labute approximate surface area is 172 Å². The van der Waals surface area contributed by atoms with Crippen molar-refractivity contribution in [3.63, 3.8) is 0 Å². The van der Waals surface area contributed by atoms with Gasteiger partial charge in [-0.2, -0.15) is 0 Å². The molecule has 0 saturated carbocycles. The van der Waals surface area contributed by atoms with Crippen molar-refractivity contribution in [2.45, 2.75) is 78.5 Å². The van der Waals surface area contributed by atoms with Gasteiger partial charge >= 0.3 is 12.1 Å². The molecule has 1 saturated heterocycles. The van der Waals surface area contributed by atoms with E-state index >= 15 is 0 Å². The molecule has 3 amide bonds. The normalized spacial score (nSPS) is 18.3. The highest BCUT2D eigenvalue weighted by atomic mass is 16.6. The van der Waals surface area contributed by atoms with E-state index in [1.54, 1.807) is 39.5 Å². The topological polar surface area (TPSA) is 125 Å². The molecule has 0 aromatic carbocycles. The lowest BCUT2D eigenvalue weighted by Gasteiger charge is -2.34. The molecule has 3 N–H and O–H groups in total. The van der Waals surface area contributed by atoms with Crippen LogP contribution in [0.25, 0.3) is 0 Å². The van der Waals surface area contributed by atoms with Crippen LogP contribution in [0.5, 0.6) is 0 Å². The van der Waals surface area contributed by atoms with Crippen LogP contribution in [0, 0.1) is 11.8 Å². The van der Waals surface area contributed by atoms with Crippen molar-refractivity contribution in [1.29, 1.82) is 0 Å². The average molecular weight is 414 g/mol. The van der Waals surface area contributed by atoms with Gasteiger partial charge in [0.25, 0.3) is 0 Å². The van der Waals surface area contributed by atoms with Crippen molar-refractivity contribution in [1.82, 2.24) is 15.5 Å². The summed E-state index contributed by atoms with van der Waals surface area (Å²) >= 11 is 0. The van der Waals surface area contributed by atoms with Crippen molar-refractivity contribution in [2.24, 2.45) is 11.8 Å². The third-order valence-electron chi connectivity index (χ3n) is 5.06. The number of carboxylic acids is 1. The van der Waals surface area contributed by atoms with E-state index in [1.807, 2.05) is 6.92 Å². The van der Waals surface area contributed by atoms with E-state index in [9.17, 15) is 24.3 Å². The van der Waals surface area contributed by atoms with E-state index in [0.29, 0.717) is 32.4 Å². The molecule has 1 aliphatic heterocycles. The van der Waals surface area contributed by atoms with Crippen molar-refractivity contribution >= 4 is 23.9 Å². The Hall–Kier alpha value is -2.32. The van der Waals surface area contributed by atoms with E-state index in [-0.39, 0.29) is 23.7 Å². The van der Waals surface area contributed by atoms with Gasteiger partial charge in [-0.3, -0.25) is 9.59 Å². The molecule has 9 heteroatoms. The molecule has 0 aliphatic carbocycles. The maximum Gasteiger partial charge on any atom is 0.408 e. The molecule has 0 spiro atoms. The van der Waals surface area contributed by atoms with E-state index in [1.165, 1.54) is 0 Å². The quantitative estimate of drug-likeness (QED) is 0.584. The van der Waals surface area contributed by atoms with Crippen LogP contribution in [0.4, 0.5) is 4.79 Å². The van der Waals surface area contributed by atoms with Gasteiger partial charge in [-0.15, -0.1) is 0 Å². The zero-order valence-corrected chi connectivity index (χ0v) is 18.3. The highest BCUT2D eigenvalue weighted by molar-refractivity contribution is 5.87. The van der Waals surface area contributed by atoms with Crippen molar-refractivity contribution in [2.75, 3.05) is 13.1 Å². The van der Waals surface area contributed by atoms with Crippen molar-refractivity contribution in [3.8, 4) is 0 Å². The van der Waals surface area contributed by atoms with E-state index in [2.05, 4.69) is 10.6 Å². The predicted octanol–water partition coefficient (Wildman–Crippen LogP) is 1.75. The SMILES string of the molecule is CC[C@@H](C)[C@H](NC(=O)C1CCN(C(=O)[C@H](C)NC(=O)OC(C)(C)C)CC1)C(=O)O. The number of hydrogen-bond donors (Lipinski definition) is 3. The summed E-state index contributed by atoms with van der Waals surface area (Å²) in [4.78, 5) is 49.9. The van der Waals surface area contributed by atoms with Gasteiger partial charge in [-0.25, -0.2) is 9.59 Å². The van der Waals surface area contributed by atoms with Crippen LogP contribution in [-0.4, -0.2) is 64.7 Å². The molecule has 0 bridgehead atoms. The average Bonchev–Trinajstić information content (AvgIpc) is 2.62. The number of nitrogens with one attached hydrogen (secondary N) is 2. The number of alkyl carbamates (subject to hydrolysis) is 1. The number of likely N-dealkylation sites (tertiary alicyclic amines) is 1. The van der Waals surface area contributed by atoms with Gasteiger partial charge in [0.15, 0.2) is 0 Å². The largest absolute Gasteiger partial charge is 0.480 e. The van der Waals surface area contributed by atoms with Crippen LogP contribution in [0.1, 0.15) is 60.8 Å². The van der Waals surface area contributed by atoms with Gasteiger partial charge in [0.1, 0.15) is 17.7 Å². The van der Waals surface area contributed by atoms with E-state index in [0.717, 1.165) is 0 Å². The Morgan fingerprint density at radius 2 is 1.66 bits per heavy atom. The lowest BCUT2D eigenvalue weighted by molar-refractivity contribution is -0.144. The Morgan fingerprint density at radius 1 is 1.10 bits per heavy atom. The molecular formula is C20H35N3O6. The summed E-state index contributed by atoms with van der Waals surface area (Å²) in [5.41, 5.74) is -0.651. The summed E-state index contributed by atoms with van der Waals surface area (Å²) in [5.74, 6) is -2.07. The zero-order chi connectivity index (χ0) is 22.4. The Bertz CT molecular complexity index is 608. The number of hydrogen-bond acceptors (Lipinski definition) is 5. The summed E-state index contributed by atoms with van der Waals surface area (Å²) in [6, 6.07) is -1.65.